The normalized spacial score (nSPS) is 18.4. The van der Waals surface area contributed by atoms with Crippen molar-refractivity contribution in [2.75, 3.05) is 13.2 Å². The van der Waals surface area contributed by atoms with Crippen LogP contribution in [0.15, 0.2) is 30.3 Å². The Hall–Kier alpha value is -1.39. The van der Waals surface area contributed by atoms with Crippen molar-refractivity contribution >= 4 is 5.91 Å². The molecule has 1 saturated carbocycles. The van der Waals surface area contributed by atoms with Crippen LogP contribution in [-0.2, 0) is 4.79 Å². The summed E-state index contributed by atoms with van der Waals surface area (Å²) < 4.78 is 0. The topological polar surface area (TPSA) is 69.6 Å². The van der Waals surface area contributed by atoms with Gasteiger partial charge in [0.15, 0.2) is 0 Å². The van der Waals surface area contributed by atoms with Crippen molar-refractivity contribution in [1.82, 2.24) is 5.32 Å². The molecule has 0 heterocycles. The average Bonchev–Trinajstić information content (AvgIpc) is 2.90. The zero-order valence-electron chi connectivity index (χ0n) is 12.4. The number of nitrogens with one attached hydrogen (secondary N) is 1. The molecule has 4 heteroatoms. The zero-order chi connectivity index (χ0) is 15.1. The Bertz CT molecular complexity index is 441. The van der Waals surface area contributed by atoms with Gasteiger partial charge in [0, 0.05) is 19.1 Å². The fourth-order valence-electron chi connectivity index (χ4n) is 3.08. The predicted molar refractivity (Wildman–Crippen MR) is 81.9 cm³/mol. The SMILES string of the molecule is O=C(CC1(O)CCCC1)NCC(CCO)c1ccccc1. The highest BCUT2D eigenvalue weighted by molar-refractivity contribution is 5.77. The Morgan fingerprint density at radius 3 is 2.52 bits per heavy atom. The molecule has 0 radical (unpaired) electrons. The van der Waals surface area contributed by atoms with E-state index in [1.54, 1.807) is 0 Å². The first kappa shape index (κ1) is 16.0. The number of amides is 1. The van der Waals surface area contributed by atoms with Crippen molar-refractivity contribution in [2.24, 2.45) is 0 Å². The molecule has 0 aromatic heterocycles. The van der Waals surface area contributed by atoms with E-state index >= 15 is 0 Å². The number of carbonyl (C=O) groups is 1. The first-order valence-corrected chi connectivity index (χ1v) is 7.78. The summed E-state index contributed by atoms with van der Waals surface area (Å²) in [4.78, 5) is 12.0. The van der Waals surface area contributed by atoms with E-state index in [2.05, 4.69) is 5.32 Å². The molecule has 0 saturated heterocycles. The standard InChI is InChI=1S/C17H25NO3/c19-11-8-15(14-6-2-1-3-7-14)13-18-16(20)12-17(21)9-4-5-10-17/h1-3,6-7,15,19,21H,4-5,8-13H2,(H,18,20). The Kier molecular flexibility index (Phi) is 5.76. The molecule has 0 spiro atoms. The smallest absolute Gasteiger partial charge is 0.222 e. The Labute approximate surface area is 126 Å². The van der Waals surface area contributed by atoms with Gasteiger partial charge in [0.1, 0.15) is 0 Å². The van der Waals surface area contributed by atoms with Gasteiger partial charge in [-0.1, -0.05) is 43.2 Å². The van der Waals surface area contributed by atoms with Gasteiger partial charge in [-0.15, -0.1) is 0 Å². The molecule has 1 aliphatic carbocycles. The van der Waals surface area contributed by atoms with E-state index < -0.39 is 5.60 Å². The third kappa shape index (κ3) is 4.83. The van der Waals surface area contributed by atoms with Crippen LogP contribution in [0.4, 0.5) is 0 Å². The van der Waals surface area contributed by atoms with Crippen molar-refractivity contribution in [3.8, 4) is 0 Å². The fraction of sp³-hybridized carbons (Fsp3) is 0.588. The number of aliphatic hydroxyl groups excluding tert-OH is 1. The zero-order valence-corrected chi connectivity index (χ0v) is 12.4. The lowest BCUT2D eigenvalue weighted by Gasteiger charge is -2.22. The van der Waals surface area contributed by atoms with Crippen molar-refractivity contribution in [2.45, 2.75) is 50.0 Å². The van der Waals surface area contributed by atoms with Crippen LogP contribution in [-0.4, -0.2) is 34.9 Å². The van der Waals surface area contributed by atoms with Gasteiger partial charge in [-0.05, 0) is 24.8 Å². The molecule has 1 atom stereocenters. The van der Waals surface area contributed by atoms with E-state index in [0.717, 1.165) is 31.2 Å². The van der Waals surface area contributed by atoms with E-state index in [0.29, 0.717) is 13.0 Å². The lowest BCUT2D eigenvalue weighted by Crippen LogP contribution is -2.36. The number of hydrogen-bond donors (Lipinski definition) is 3. The molecule has 0 aliphatic heterocycles. The molecule has 0 bridgehead atoms. The van der Waals surface area contributed by atoms with Crippen LogP contribution in [0.2, 0.25) is 0 Å². The molecule has 1 aromatic carbocycles. The summed E-state index contributed by atoms with van der Waals surface area (Å²) in [6.07, 6.45) is 4.25. The third-order valence-corrected chi connectivity index (χ3v) is 4.32. The molecule has 1 amide bonds. The molecular weight excluding hydrogens is 266 g/mol. The first-order chi connectivity index (χ1) is 10.1. The van der Waals surface area contributed by atoms with Gasteiger partial charge in [-0.25, -0.2) is 0 Å². The fourth-order valence-corrected chi connectivity index (χ4v) is 3.08. The van der Waals surface area contributed by atoms with Gasteiger partial charge in [0.05, 0.1) is 12.0 Å². The molecule has 21 heavy (non-hydrogen) atoms. The van der Waals surface area contributed by atoms with Crippen molar-refractivity contribution < 1.29 is 15.0 Å². The van der Waals surface area contributed by atoms with Crippen molar-refractivity contribution in [1.29, 1.82) is 0 Å². The minimum absolute atomic E-state index is 0.0966. The Morgan fingerprint density at radius 2 is 1.90 bits per heavy atom. The molecule has 3 N–H and O–H groups in total. The van der Waals surface area contributed by atoms with Crippen LogP contribution in [0.5, 0.6) is 0 Å². The van der Waals surface area contributed by atoms with Gasteiger partial charge in [-0.2, -0.15) is 0 Å². The van der Waals surface area contributed by atoms with Gasteiger partial charge in [-0.3, -0.25) is 4.79 Å². The van der Waals surface area contributed by atoms with Crippen LogP contribution in [0.3, 0.4) is 0 Å². The Morgan fingerprint density at radius 1 is 1.24 bits per heavy atom. The molecule has 1 fully saturated rings. The van der Waals surface area contributed by atoms with Crippen LogP contribution in [0.1, 0.15) is 50.0 Å². The number of carbonyl (C=O) groups excluding carboxylic acids is 1. The maximum Gasteiger partial charge on any atom is 0.222 e. The molecule has 2 rings (SSSR count). The predicted octanol–water partition coefficient (Wildman–Crippen LogP) is 1.96. The van der Waals surface area contributed by atoms with E-state index in [-0.39, 0.29) is 24.9 Å². The third-order valence-electron chi connectivity index (χ3n) is 4.32. The summed E-state index contributed by atoms with van der Waals surface area (Å²) in [5.41, 5.74) is 0.315. The van der Waals surface area contributed by atoms with Crippen molar-refractivity contribution in [3.63, 3.8) is 0 Å². The molecule has 1 unspecified atom stereocenters. The lowest BCUT2D eigenvalue weighted by atomic mass is 9.95. The van der Waals surface area contributed by atoms with E-state index in [4.69, 9.17) is 0 Å². The summed E-state index contributed by atoms with van der Waals surface area (Å²) in [5, 5.41) is 22.3. The monoisotopic (exact) mass is 291 g/mol. The maximum atomic E-state index is 12.0. The summed E-state index contributed by atoms with van der Waals surface area (Å²) >= 11 is 0. The molecule has 1 aromatic rings. The van der Waals surface area contributed by atoms with Crippen LogP contribution in [0, 0.1) is 0 Å². The molecule has 1 aliphatic rings. The first-order valence-electron chi connectivity index (χ1n) is 7.78. The van der Waals surface area contributed by atoms with E-state index in [1.165, 1.54) is 0 Å². The number of aliphatic hydroxyl groups is 2. The number of rotatable bonds is 7. The second kappa shape index (κ2) is 7.57. The lowest BCUT2D eigenvalue weighted by molar-refractivity contribution is -0.126. The highest BCUT2D eigenvalue weighted by Gasteiger charge is 2.33. The second-order valence-corrected chi connectivity index (χ2v) is 6.03. The molecular formula is C17H25NO3. The summed E-state index contributed by atoms with van der Waals surface area (Å²) in [5.74, 6) is 0.0108. The molecule has 4 nitrogen and oxygen atoms in total. The average molecular weight is 291 g/mol. The minimum atomic E-state index is -0.802. The van der Waals surface area contributed by atoms with E-state index in [1.807, 2.05) is 30.3 Å². The van der Waals surface area contributed by atoms with Gasteiger partial charge >= 0.3 is 0 Å². The van der Waals surface area contributed by atoms with Crippen LogP contribution < -0.4 is 5.32 Å². The number of benzene rings is 1. The van der Waals surface area contributed by atoms with Crippen LogP contribution >= 0.6 is 0 Å². The minimum Gasteiger partial charge on any atom is -0.396 e. The van der Waals surface area contributed by atoms with Crippen LogP contribution in [0.25, 0.3) is 0 Å². The highest BCUT2D eigenvalue weighted by Crippen LogP contribution is 2.32. The highest BCUT2D eigenvalue weighted by atomic mass is 16.3. The molecule has 116 valence electrons. The largest absolute Gasteiger partial charge is 0.396 e. The summed E-state index contributed by atoms with van der Waals surface area (Å²) in [7, 11) is 0. The number of hydrogen-bond acceptors (Lipinski definition) is 3. The quantitative estimate of drug-likeness (QED) is 0.719. The summed E-state index contributed by atoms with van der Waals surface area (Å²) in [6, 6.07) is 9.90. The van der Waals surface area contributed by atoms with Crippen molar-refractivity contribution in [3.05, 3.63) is 35.9 Å². The van der Waals surface area contributed by atoms with Gasteiger partial charge < -0.3 is 15.5 Å². The van der Waals surface area contributed by atoms with Gasteiger partial charge in [0.25, 0.3) is 0 Å². The summed E-state index contributed by atoms with van der Waals surface area (Å²) in [6.45, 7) is 0.596. The second-order valence-electron chi connectivity index (χ2n) is 6.03. The Balaban J connectivity index is 1.85. The van der Waals surface area contributed by atoms with E-state index in [9.17, 15) is 15.0 Å². The van der Waals surface area contributed by atoms with Gasteiger partial charge in [0.2, 0.25) is 5.91 Å². The maximum absolute atomic E-state index is 12.0.